The van der Waals surface area contributed by atoms with Gasteiger partial charge in [-0.3, -0.25) is 4.68 Å². The maximum atomic E-state index is 13.2. The molecule has 0 aliphatic rings. The van der Waals surface area contributed by atoms with Gasteiger partial charge in [-0.15, -0.1) is 0 Å². The van der Waals surface area contributed by atoms with Crippen molar-refractivity contribution in [1.29, 1.82) is 0 Å². The summed E-state index contributed by atoms with van der Waals surface area (Å²) in [5.74, 6) is -0.292. The summed E-state index contributed by atoms with van der Waals surface area (Å²) in [6.45, 7) is 1.86. The minimum Gasteiger partial charge on any atom is -0.367 e. The molecule has 1 aromatic carbocycles. The van der Waals surface area contributed by atoms with E-state index < -0.39 is 5.82 Å². The molecule has 0 radical (unpaired) electrons. The van der Waals surface area contributed by atoms with Crippen LogP contribution in [0.25, 0.3) is 22.4 Å². The van der Waals surface area contributed by atoms with Crippen molar-refractivity contribution in [2.45, 2.75) is 6.92 Å². The average molecular weight is 307 g/mol. The fraction of sp³-hybridized carbons (Fsp3) is 0.143. The number of aromatic nitrogens is 3. The number of benzene rings is 1. The molecule has 0 saturated carbocycles. The molecule has 0 fully saturated rings. The molecule has 3 aromatic rings. The van der Waals surface area contributed by atoms with Gasteiger partial charge in [-0.05, 0) is 25.1 Å². The average Bonchev–Trinajstić information content (AvgIpc) is 2.93. The Kier molecular flexibility index (Phi) is 3.17. The lowest BCUT2D eigenvalue weighted by Gasteiger charge is -2.04. The summed E-state index contributed by atoms with van der Waals surface area (Å²) in [7, 11) is 1.81. The van der Waals surface area contributed by atoms with E-state index in [1.54, 1.807) is 10.7 Å². The molecule has 0 aliphatic heterocycles. The number of nitrogens with two attached hydrogens (primary N) is 1. The highest BCUT2D eigenvalue weighted by Crippen LogP contribution is 2.40. The van der Waals surface area contributed by atoms with Crippen molar-refractivity contribution >= 4 is 17.5 Å². The normalized spacial score (nSPS) is 11.0. The van der Waals surface area contributed by atoms with Crippen LogP contribution in [0.5, 0.6) is 0 Å². The molecular weight excluding hydrogens is 295 g/mol. The number of nitrogens with zero attached hydrogens (tertiary/aromatic N) is 3. The fourth-order valence-corrected chi connectivity index (χ4v) is 2.53. The molecular formula is C14H12ClFN4O. The van der Waals surface area contributed by atoms with Crippen molar-refractivity contribution in [2.24, 2.45) is 7.05 Å². The number of aryl methyl sites for hydroxylation is 2. The van der Waals surface area contributed by atoms with Crippen LogP contribution < -0.4 is 5.73 Å². The van der Waals surface area contributed by atoms with E-state index >= 15 is 0 Å². The Bertz CT molecular complexity index is 824. The van der Waals surface area contributed by atoms with Gasteiger partial charge in [0.1, 0.15) is 11.5 Å². The van der Waals surface area contributed by atoms with Crippen molar-refractivity contribution < 1.29 is 8.91 Å². The van der Waals surface area contributed by atoms with Crippen LogP contribution in [0.4, 0.5) is 10.3 Å². The predicted octanol–water partition coefficient (Wildman–Crippen LogP) is 3.43. The summed E-state index contributed by atoms with van der Waals surface area (Å²) < 4.78 is 20.0. The summed E-state index contributed by atoms with van der Waals surface area (Å²) in [6, 6.07) is 4.09. The highest BCUT2D eigenvalue weighted by molar-refractivity contribution is 6.33. The van der Waals surface area contributed by atoms with Crippen LogP contribution in [0, 0.1) is 12.7 Å². The number of halogens is 2. The van der Waals surface area contributed by atoms with Crippen molar-refractivity contribution in [2.75, 3.05) is 5.73 Å². The Labute approximate surface area is 125 Å². The van der Waals surface area contributed by atoms with Gasteiger partial charge in [-0.2, -0.15) is 5.10 Å². The molecule has 3 rings (SSSR count). The van der Waals surface area contributed by atoms with Gasteiger partial charge in [0.05, 0.1) is 16.3 Å². The largest absolute Gasteiger partial charge is 0.367 e. The molecule has 21 heavy (non-hydrogen) atoms. The third-order valence-electron chi connectivity index (χ3n) is 3.19. The van der Waals surface area contributed by atoms with Gasteiger partial charge in [0.2, 0.25) is 5.88 Å². The molecule has 0 atom stereocenters. The SMILES string of the molecule is Cc1nn(C)cc1-c1noc(N)c1-c1ccc(F)cc1Cl. The lowest BCUT2D eigenvalue weighted by molar-refractivity contribution is 0.439. The van der Waals surface area contributed by atoms with E-state index in [0.29, 0.717) is 16.8 Å². The number of nitrogen functional groups attached to an aromatic ring is 1. The predicted molar refractivity (Wildman–Crippen MR) is 78.3 cm³/mol. The quantitative estimate of drug-likeness (QED) is 0.787. The van der Waals surface area contributed by atoms with Crippen molar-refractivity contribution in [1.82, 2.24) is 14.9 Å². The molecule has 108 valence electrons. The van der Waals surface area contributed by atoms with E-state index in [-0.39, 0.29) is 10.9 Å². The Morgan fingerprint density at radius 3 is 2.71 bits per heavy atom. The molecule has 0 spiro atoms. The number of hydrogen-bond donors (Lipinski definition) is 1. The molecule has 2 N–H and O–H groups in total. The van der Waals surface area contributed by atoms with Crippen LogP contribution in [0.1, 0.15) is 5.69 Å². The Morgan fingerprint density at radius 2 is 2.10 bits per heavy atom. The first-order valence-corrected chi connectivity index (χ1v) is 6.56. The molecule has 0 bridgehead atoms. The number of rotatable bonds is 2. The first-order valence-electron chi connectivity index (χ1n) is 6.18. The van der Waals surface area contributed by atoms with Gasteiger partial charge < -0.3 is 10.3 Å². The second-order valence-electron chi connectivity index (χ2n) is 4.70. The molecule has 5 nitrogen and oxygen atoms in total. The van der Waals surface area contributed by atoms with Gasteiger partial charge in [-0.25, -0.2) is 4.39 Å². The smallest absolute Gasteiger partial charge is 0.230 e. The van der Waals surface area contributed by atoms with Gasteiger partial charge in [-0.1, -0.05) is 16.8 Å². The second kappa shape index (κ2) is 4.89. The van der Waals surface area contributed by atoms with Gasteiger partial charge >= 0.3 is 0 Å². The molecule has 0 aliphatic carbocycles. The van der Waals surface area contributed by atoms with E-state index in [0.717, 1.165) is 11.3 Å². The zero-order valence-electron chi connectivity index (χ0n) is 11.4. The number of anilines is 1. The fourth-order valence-electron chi connectivity index (χ4n) is 2.27. The van der Waals surface area contributed by atoms with E-state index in [1.807, 2.05) is 20.2 Å². The van der Waals surface area contributed by atoms with E-state index in [1.165, 1.54) is 12.1 Å². The highest BCUT2D eigenvalue weighted by Gasteiger charge is 2.22. The summed E-state index contributed by atoms with van der Waals surface area (Å²) in [6.07, 6.45) is 1.81. The summed E-state index contributed by atoms with van der Waals surface area (Å²) >= 11 is 6.11. The van der Waals surface area contributed by atoms with E-state index in [4.69, 9.17) is 21.9 Å². The molecule has 0 saturated heterocycles. The lowest BCUT2D eigenvalue weighted by atomic mass is 10.0. The van der Waals surface area contributed by atoms with Gasteiger partial charge in [0.15, 0.2) is 0 Å². The Hall–Kier alpha value is -2.34. The molecule has 2 heterocycles. The second-order valence-corrected chi connectivity index (χ2v) is 5.10. The van der Waals surface area contributed by atoms with Crippen LogP contribution >= 0.6 is 11.6 Å². The molecule has 2 aromatic heterocycles. The summed E-state index contributed by atoms with van der Waals surface area (Å²) in [4.78, 5) is 0. The van der Waals surface area contributed by atoms with Gasteiger partial charge in [0, 0.05) is 24.4 Å². The summed E-state index contributed by atoms with van der Waals surface area (Å²) in [5.41, 5.74) is 9.07. The van der Waals surface area contributed by atoms with Crippen LogP contribution in [0.3, 0.4) is 0 Å². The van der Waals surface area contributed by atoms with Gasteiger partial charge in [0.25, 0.3) is 0 Å². The maximum Gasteiger partial charge on any atom is 0.230 e. The standard InChI is InChI=1S/C14H12ClFN4O/c1-7-10(6-20(2)18-7)13-12(14(17)21-19-13)9-4-3-8(16)5-11(9)15/h3-6H,17H2,1-2H3. The lowest BCUT2D eigenvalue weighted by Crippen LogP contribution is -1.90. The zero-order valence-corrected chi connectivity index (χ0v) is 12.1. The number of hydrogen-bond acceptors (Lipinski definition) is 4. The Morgan fingerprint density at radius 1 is 1.33 bits per heavy atom. The molecule has 0 unspecified atom stereocenters. The van der Waals surface area contributed by atoms with Crippen molar-refractivity contribution in [3.8, 4) is 22.4 Å². The van der Waals surface area contributed by atoms with Crippen LogP contribution in [0.15, 0.2) is 28.9 Å². The molecule has 0 amide bonds. The highest BCUT2D eigenvalue weighted by atomic mass is 35.5. The van der Waals surface area contributed by atoms with E-state index in [9.17, 15) is 4.39 Å². The third kappa shape index (κ3) is 2.27. The first-order chi connectivity index (χ1) is 9.97. The minimum absolute atomic E-state index is 0.127. The zero-order chi connectivity index (χ0) is 15.1. The van der Waals surface area contributed by atoms with Crippen LogP contribution in [0.2, 0.25) is 5.02 Å². The Balaban J connectivity index is 2.24. The summed E-state index contributed by atoms with van der Waals surface area (Å²) in [5, 5.41) is 8.51. The van der Waals surface area contributed by atoms with Crippen molar-refractivity contribution in [3.05, 3.63) is 40.9 Å². The third-order valence-corrected chi connectivity index (χ3v) is 3.50. The monoisotopic (exact) mass is 306 g/mol. The molecule has 7 heteroatoms. The maximum absolute atomic E-state index is 13.2. The van der Waals surface area contributed by atoms with Crippen LogP contribution in [-0.2, 0) is 7.05 Å². The van der Waals surface area contributed by atoms with Crippen molar-refractivity contribution in [3.63, 3.8) is 0 Å². The van der Waals surface area contributed by atoms with E-state index in [2.05, 4.69) is 10.3 Å². The minimum atomic E-state index is -0.419. The topological polar surface area (TPSA) is 69.9 Å². The first kappa shape index (κ1) is 13.6. The van der Waals surface area contributed by atoms with Crippen LogP contribution in [-0.4, -0.2) is 14.9 Å².